The van der Waals surface area contributed by atoms with Gasteiger partial charge in [-0.25, -0.2) is 0 Å². The molecule has 0 unspecified atom stereocenters. The van der Waals surface area contributed by atoms with Crippen molar-refractivity contribution in [3.63, 3.8) is 0 Å². The summed E-state index contributed by atoms with van der Waals surface area (Å²) in [5.41, 5.74) is 2.45. The van der Waals surface area contributed by atoms with E-state index in [9.17, 15) is 4.79 Å². The first-order valence-electron chi connectivity index (χ1n) is 9.18. The predicted molar refractivity (Wildman–Crippen MR) is 122 cm³/mol. The highest BCUT2D eigenvalue weighted by molar-refractivity contribution is 8.02. The number of pyridine rings is 1. The molecule has 2 N–H and O–H groups in total. The van der Waals surface area contributed by atoms with Crippen molar-refractivity contribution in [1.82, 2.24) is 15.2 Å². The van der Waals surface area contributed by atoms with Crippen LogP contribution in [0.1, 0.15) is 6.92 Å². The number of anilines is 3. The molecule has 2 aromatic heterocycles. The van der Waals surface area contributed by atoms with E-state index in [-0.39, 0.29) is 11.2 Å². The van der Waals surface area contributed by atoms with Crippen LogP contribution in [0.5, 0.6) is 5.75 Å². The Balaban J connectivity index is 1.40. The van der Waals surface area contributed by atoms with Crippen LogP contribution < -0.4 is 15.4 Å². The van der Waals surface area contributed by atoms with E-state index in [0.29, 0.717) is 9.47 Å². The lowest BCUT2D eigenvalue weighted by Crippen LogP contribution is -2.22. The number of rotatable bonds is 7. The van der Waals surface area contributed by atoms with Crippen molar-refractivity contribution in [2.24, 2.45) is 0 Å². The molecule has 152 valence electrons. The Kier molecular flexibility index (Phi) is 6.10. The zero-order chi connectivity index (χ0) is 20.9. The fourth-order valence-electron chi connectivity index (χ4n) is 2.78. The first-order valence-corrected chi connectivity index (χ1v) is 10.9. The van der Waals surface area contributed by atoms with Gasteiger partial charge in [0.1, 0.15) is 5.75 Å². The molecule has 7 nitrogen and oxygen atoms in total. The average Bonchev–Trinajstić information content (AvgIpc) is 3.20. The number of carbonyl (C=O) groups is 1. The van der Waals surface area contributed by atoms with Gasteiger partial charge in [0.25, 0.3) is 0 Å². The van der Waals surface area contributed by atoms with Crippen LogP contribution in [-0.2, 0) is 4.79 Å². The Morgan fingerprint density at radius 3 is 2.87 bits per heavy atom. The Bertz CT molecular complexity index is 1180. The summed E-state index contributed by atoms with van der Waals surface area (Å²) in [6, 6.07) is 17.0. The molecular weight excluding hydrogens is 418 g/mol. The van der Waals surface area contributed by atoms with Crippen LogP contribution in [0.2, 0.25) is 0 Å². The molecule has 0 aliphatic carbocycles. The first-order chi connectivity index (χ1) is 14.6. The molecule has 30 heavy (non-hydrogen) atoms. The Morgan fingerprint density at radius 1 is 1.13 bits per heavy atom. The summed E-state index contributed by atoms with van der Waals surface area (Å²) >= 11 is 2.76. The predicted octanol–water partition coefficient (Wildman–Crippen LogP) is 4.96. The van der Waals surface area contributed by atoms with Crippen LogP contribution in [0.3, 0.4) is 0 Å². The minimum absolute atomic E-state index is 0.103. The average molecular weight is 438 g/mol. The van der Waals surface area contributed by atoms with E-state index in [1.807, 2.05) is 61.5 Å². The molecule has 4 aromatic rings. The van der Waals surface area contributed by atoms with Gasteiger partial charge in [-0.05, 0) is 43.3 Å². The van der Waals surface area contributed by atoms with Gasteiger partial charge in [-0.1, -0.05) is 35.2 Å². The number of benzene rings is 2. The van der Waals surface area contributed by atoms with Crippen molar-refractivity contribution < 1.29 is 9.53 Å². The summed E-state index contributed by atoms with van der Waals surface area (Å²) in [6.45, 7) is 1.85. The molecule has 0 saturated carbocycles. The molecule has 1 atom stereocenters. The van der Waals surface area contributed by atoms with Crippen molar-refractivity contribution in [2.45, 2.75) is 16.5 Å². The van der Waals surface area contributed by atoms with Gasteiger partial charge in [-0.15, -0.1) is 10.2 Å². The van der Waals surface area contributed by atoms with Gasteiger partial charge in [-0.3, -0.25) is 9.78 Å². The van der Waals surface area contributed by atoms with Gasteiger partial charge in [0, 0.05) is 23.3 Å². The van der Waals surface area contributed by atoms with Gasteiger partial charge in [0.15, 0.2) is 4.34 Å². The SMILES string of the molecule is COc1cccc(Nc2nnc(S[C@H](C)C(=O)Nc3cccc4ncccc34)s2)c1. The van der Waals surface area contributed by atoms with Crippen molar-refractivity contribution in [2.75, 3.05) is 17.7 Å². The Hall–Kier alpha value is -3.17. The van der Waals surface area contributed by atoms with Crippen molar-refractivity contribution in [3.8, 4) is 5.75 Å². The highest BCUT2D eigenvalue weighted by Gasteiger charge is 2.18. The van der Waals surface area contributed by atoms with E-state index in [0.717, 1.165) is 28.0 Å². The van der Waals surface area contributed by atoms with Gasteiger partial charge < -0.3 is 15.4 Å². The molecule has 0 spiro atoms. The first kappa shape index (κ1) is 20.1. The number of carbonyl (C=O) groups excluding carboxylic acids is 1. The van der Waals surface area contributed by atoms with Gasteiger partial charge in [-0.2, -0.15) is 0 Å². The molecular formula is C21H19N5O2S2. The molecule has 4 rings (SSSR count). The second kappa shape index (κ2) is 9.10. The molecule has 1 amide bonds. The summed E-state index contributed by atoms with van der Waals surface area (Å²) in [6.07, 6.45) is 1.74. The third-order valence-corrected chi connectivity index (χ3v) is 6.30. The summed E-state index contributed by atoms with van der Waals surface area (Å²) in [5.74, 6) is 0.655. The van der Waals surface area contributed by atoms with Crippen molar-refractivity contribution in [1.29, 1.82) is 0 Å². The molecule has 0 radical (unpaired) electrons. The third-order valence-electron chi connectivity index (χ3n) is 4.28. The second-order valence-electron chi connectivity index (χ2n) is 6.36. The summed E-state index contributed by atoms with van der Waals surface area (Å²) in [7, 11) is 1.63. The van der Waals surface area contributed by atoms with Gasteiger partial charge in [0.2, 0.25) is 11.0 Å². The molecule has 2 aromatic carbocycles. The monoisotopic (exact) mass is 437 g/mol. The van der Waals surface area contributed by atoms with E-state index in [2.05, 4.69) is 25.8 Å². The van der Waals surface area contributed by atoms with E-state index in [4.69, 9.17) is 4.74 Å². The summed E-state index contributed by atoms with van der Waals surface area (Å²) in [5, 5.41) is 15.8. The maximum Gasteiger partial charge on any atom is 0.237 e. The molecule has 0 aliphatic heterocycles. The second-order valence-corrected chi connectivity index (χ2v) is 8.92. The number of nitrogens with zero attached hydrogens (tertiary/aromatic N) is 3. The molecule has 9 heteroatoms. The van der Waals surface area contributed by atoms with E-state index in [1.165, 1.54) is 23.1 Å². The number of methoxy groups -OCH3 is 1. The zero-order valence-corrected chi connectivity index (χ0v) is 18.0. The summed E-state index contributed by atoms with van der Waals surface area (Å²) in [4.78, 5) is 17.0. The van der Waals surface area contributed by atoms with E-state index < -0.39 is 0 Å². The van der Waals surface area contributed by atoms with Gasteiger partial charge in [0.05, 0.1) is 23.6 Å². The van der Waals surface area contributed by atoms with Crippen LogP contribution in [-0.4, -0.2) is 33.4 Å². The van der Waals surface area contributed by atoms with Crippen LogP contribution in [0.4, 0.5) is 16.5 Å². The lowest BCUT2D eigenvalue weighted by molar-refractivity contribution is -0.115. The summed E-state index contributed by atoms with van der Waals surface area (Å²) < 4.78 is 5.94. The van der Waals surface area contributed by atoms with Crippen molar-refractivity contribution >= 4 is 56.4 Å². The number of amides is 1. The smallest absolute Gasteiger partial charge is 0.237 e. The molecule has 0 bridgehead atoms. The minimum atomic E-state index is -0.338. The third kappa shape index (κ3) is 4.69. The van der Waals surface area contributed by atoms with Crippen LogP contribution in [0, 0.1) is 0 Å². The van der Waals surface area contributed by atoms with E-state index >= 15 is 0 Å². The number of ether oxygens (including phenoxy) is 1. The molecule has 2 heterocycles. The maximum absolute atomic E-state index is 12.7. The molecule has 0 saturated heterocycles. The van der Waals surface area contributed by atoms with Gasteiger partial charge >= 0.3 is 0 Å². The highest BCUT2D eigenvalue weighted by Crippen LogP contribution is 2.32. The maximum atomic E-state index is 12.7. The standard InChI is InChI=1S/C21H19N5O2S2/c1-13(19(27)24-18-10-4-9-17-16(18)8-5-11-22-17)29-21-26-25-20(30-21)23-14-6-3-7-15(12-14)28-2/h3-13H,1-2H3,(H,23,25)(H,24,27)/t13-/m1/s1. The number of hydrogen-bond acceptors (Lipinski definition) is 8. The zero-order valence-electron chi connectivity index (χ0n) is 16.3. The van der Waals surface area contributed by atoms with Crippen LogP contribution >= 0.6 is 23.1 Å². The number of aromatic nitrogens is 3. The number of nitrogens with one attached hydrogen (secondary N) is 2. The molecule has 0 aliphatic rings. The Labute approximate surface area is 181 Å². The normalized spacial score (nSPS) is 11.8. The largest absolute Gasteiger partial charge is 0.497 e. The highest BCUT2D eigenvalue weighted by atomic mass is 32.2. The fourth-order valence-corrected chi connectivity index (χ4v) is 4.70. The fraction of sp³-hybridized carbons (Fsp3) is 0.143. The van der Waals surface area contributed by atoms with E-state index in [1.54, 1.807) is 13.3 Å². The number of thioether (sulfide) groups is 1. The quantitative estimate of drug-likeness (QED) is 0.395. The Morgan fingerprint density at radius 2 is 2.00 bits per heavy atom. The minimum Gasteiger partial charge on any atom is -0.497 e. The topological polar surface area (TPSA) is 89.0 Å². The molecule has 0 fully saturated rings. The lowest BCUT2D eigenvalue weighted by Gasteiger charge is -2.12. The number of hydrogen-bond donors (Lipinski definition) is 2. The van der Waals surface area contributed by atoms with Crippen molar-refractivity contribution in [3.05, 3.63) is 60.8 Å². The number of fused-ring (bicyclic) bond motifs is 1. The lowest BCUT2D eigenvalue weighted by atomic mass is 10.2. The van der Waals surface area contributed by atoms with Crippen LogP contribution in [0.15, 0.2) is 65.1 Å². The van der Waals surface area contributed by atoms with Crippen LogP contribution in [0.25, 0.3) is 10.9 Å².